The lowest BCUT2D eigenvalue weighted by Gasteiger charge is -2.20. The zero-order valence-electron chi connectivity index (χ0n) is 11.2. The summed E-state index contributed by atoms with van der Waals surface area (Å²) < 4.78 is 0. The van der Waals surface area contributed by atoms with Crippen LogP contribution < -0.4 is 11.1 Å². The number of rotatable bonds is 7. The molecule has 0 bridgehead atoms. The average Bonchev–Trinajstić information content (AvgIpc) is 2.64. The summed E-state index contributed by atoms with van der Waals surface area (Å²) in [6.07, 6.45) is 2.70. The van der Waals surface area contributed by atoms with Crippen LogP contribution in [0.5, 0.6) is 0 Å². The SMILES string of the molecule is CC(C)C(CN)CNCCC1CCN(C)C1. The molecule has 3 nitrogen and oxygen atoms in total. The van der Waals surface area contributed by atoms with E-state index in [0.717, 1.165) is 25.6 Å². The maximum Gasteiger partial charge on any atom is 0.000756 e. The van der Waals surface area contributed by atoms with E-state index < -0.39 is 0 Å². The first kappa shape index (κ1) is 13.9. The van der Waals surface area contributed by atoms with Gasteiger partial charge in [0.2, 0.25) is 0 Å². The minimum Gasteiger partial charge on any atom is -0.330 e. The van der Waals surface area contributed by atoms with Gasteiger partial charge in [-0.05, 0) is 63.8 Å². The molecule has 3 N–H and O–H groups in total. The van der Waals surface area contributed by atoms with E-state index in [9.17, 15) is 0 Å². The van der Waals surface area contributed by atoms with Gasteiger partial charge in [-0.1, -0.05) is 13.8 Å². The van der Waals surface area contributed by atoms with Crippen LogP contribution in [0.3, 0.4) is 0 Å². The van der Waals surface area contributed by atoms with Gasteiger partial charge in [-0.15, -0.1) is 0 Å². The molecule has 16 heavy (non-hydrogen) atoms. The minimum absolute atomic E-state index is 0.631. The lowest BCUT2D eigenvalue weighted by molar-refractivity contribution is 0.355. The van der Waals surface area contributed by atoms with Gasteiger partial charge in [-0.2, -0.15) is 0 Å². The quantitative estimate of drug-likeness (QED) is 0.641. The van der Waals surface area contributed by atoms with Crippen molar-refractivity contribution in [1.29, 1.82) is 0 Å². The normalized spacial score (nSPS) is 24.2. The maximum atomic E-state index is 5.75. The molecule has 0 spiro atoms. The van der Waals surface area contributed by atoms with E-state index in [2.05, 4.69) is 31.1 Å². The summed E-state index contributed by atoms with van der Waals surface area (Å²) >= 11 is 0. The van der Waals surface area contributed by atoms with Crippen LogP contribution in [0, 0.1) is 17.8 Å². The van der Waals surface area contributed by atoms with Crippen LogP contribution >= 0.6 is 0 Å². The van der Waals surface area contributed by atoms with Gasteiger partial charge in [0.1, 0.15) is 0 Å². The number of nitrogens with two attached hydrogens (primary N) is 1. The summed E-state index contributed by atoms with van der Waals surface area (Å²) in [6, 6.07) is 0. The molecule has 1 aliphatic heterocycles. The first-order chi connectivity index (χ1) is 7.63. The van der Waals surface area contributed by atoms with E-state index in [-0.39, 0.29) is 0 Å². The molecule has 3 heteroatoms. The molecular weight excluding hydrogens is 198 g/mol. The molecule has 0 aromatic heterocycles. The van der Waals surface area contributed by atoms with Crippen LogP contribution in [0.4, 0.5) is 0 Å². The lowest BCUT2D eigenvalue weighted by atomic mass is 9.96. The first-order valence-electron chi connectivity index (χ1n) is 6.72. The molecule has 96 valence electrons. The summed E-state index contributed by atoms with van der Waals surface area (Å²) in [7, 11) is 2.22. The molecular formula is C13H29N3. The molecule has 2 unspecified atom stereocenters. The second kappa shape index (κ2) is 7.25. The predicted molar refractivity (Wildman–Crippen MR) is 70.5 cm³/mol. The van der Waals surface area contributed by atoms with Crippen LogP contribution in [0.2, 0.25) is 0 Å². The van der Waals surface area contributed by atoms with Crippen molar-refractivity contribution in [2.24, 2.45) is 23.5 Å². The Balaban J connectivity index is 2.03. The fourth-order valence-corrected chi connectivity index (χ4v) is 2.45. The minimum atomic E-state index is 0.631. The van der Waals surface area contributed by atoms with Crippen molar-refractivity contribution in [3.63, 3.8) is 0 Å². The molecule has 1 heterocycles. The maximum absolute atomic E-state index is 5.75. The van der Waals surface area contributed by atoms with E-state index in [0.29, 0.717) is 11.8 Å². The predicted octanol–water partition coefficient (Wildman–Crippen LogP) is 1.15. The Morgan fingerprint density at radius 1 is 1.44 bits per heavy atom. The van der Waals surface area contributed by atoms with Crippen LogP contribution in [0.25, 0.3) is 0 Å². The molecule has 1 aliphatic rings. The highest BCUT2D eigenvalue weighted by Gasteiger charge is 2.18. The average molecular weight is 227 g/mol. The van der Waals surface area contributed by atoms with Crippen LogP contribution in [0.1, 0.15) is 26.7 Å². The van der Waals surface area contributed by atoms with Crippen molar-refractivity contribution < 1.29 is 0 Å². The van der Waals surface area contributed by atoms with Gasteiger partial charge in [-0.3, -0.25) is 0 Å². The van der Waals surface area contributed by atoms with Gasteiger partial charge in [0.15, 0.2) is 0 Å². The fraction of sp³-hybridized carbons (Fsp3) is 1.00. The zero-order chi connectivity index (χ0) is 12.0. The van der Waals surface area contributed by atoms with Gasteiger partial charge < -0.3 is 16.0 Å². The Kier molecular flexibility index (Phi) is 6.32. The third-order valence-corrected chi connectivity index (χ3v) is 3.87. The van der Waals surface area contributed by atoms with E-state index in [1.807, 2.05) is 0 Å². The lowest BCUT2D eigenvalue weighted by Crippen LogP contribution is -2.32. The van der Waals surface area contributed by atoms with Crippen molar-refractivity contribution in [3.05, 3.63) is 0 Å². The van der Waals surface area contributed by atoms with Crippen molar-refractivity contribution >= 4 is 0 Å². The second-order valence-corrected chi connectivity index (χ2v) is 5.65. The summed E-state index contributed by atoms with van der Waals surface area (Å²) in [5, 5.41) is 3.56. The number of hydrogen-bond donors (Lipinski definition) is 2. The molecule has 1 rings (SSSR count). The van der Waals surface area contributed by atoms with Crippen molar-refractivity contribution in [3.8, 4) is 0 Å². The van der Waals surface area contributed by atoms with Crippen LogP contribution in [-0.4, -0.2) is 44.7 Å². The molecule has 2 atom stereocenters. The zero-order valence-corrected chi connectivity index (χ0v) is 11.2. The summed E-state index contributed by atoms with van der Waals surface area (Å²) in [4.78, 5) is 2.43. The number of nitrogens with one attached hydrogen (secondary N) is 1. The highest BCUT2D eigenvalue weighted by molar-refractivity contribution is 4.74. The third-order valence-electron chi connectivity index (χ3n) is 3.87. The van der Waals surface area contributed by atoms with Gasteiger partial charge in [0.05, 0.1) is 0 Å². The molecule has 0 aliphatic carbocycles. The Labute approximate surface area is 101 Å². The van der Waals surface area contributed by atoms with Gasteiger partial charge in [-0.25, -0.2) is 0 Å². The Hall–Kier alpha value is -0.120. The van der Waals surface area contributed by atoms with E-state index in [1.54, 1.807) is 0 Å². The second-order valence-electron chi connectivity index (χ2n) is 5.65. The standard InChI is InChI=1S/C13H29N3/c1-11(2)13(8-14)9-15-6-4-12-5-7-16(3)10-12/h11-13,15H,4-10,14H2,1-3H3. The third kappa shape index (κ3) is 4.81. The number of likely N-dealkylation sites (tertiary alicyclic amines) is 1. The first-order valence-corrected chi connectivity index (χ1v) is 6.72. The fourth-order valence-electron chi connectivity index (χ4n) is 2.45. The van der Waals surface area contributed by atoms with Crippen LogP contribution in [-0.2, 0) is 0 Å². The molecule has 0 saturated carbocycles. The number of nitrogens with zero attached hydrogens (tertiary/aromatic N) is 1. The topological polar surface area (TPSA) is 41.3 Å². The Morgan fingerprint density at radius 2 is 2.19 bits per heavy atom. The molecule has 0 radical (unpaired) electrons. The van der Waals surface area contributed by atoms with Crippen LogP contribution in [0.15, 0.2) is 0 Å². The molecule has 0 aromatic rings. The van der Waals surface area contributed by atoms with Crippen molar-refractivity contribution in [1.82, 2.24) is 10.2 Å². The monoisotopic (exact) mass is 227 g/mol. The summed E-state index contributed by atoms with van der Waals surface area (Å²) in [6.45, 7) is 10.1. The summed E-state index contributed by atoms with van der Waals surface area (Å²) in [5.41, 5.74) is 5.75. The van der Waals surface area contributed by atoms with Gasteiger partial charge >= 0.3 is 0 Å². The van der Waals surface area contributed by atoms with Gasteiger partial charge in [0, 0.05) is 6.54 Å². The Morgan fingerprint density at radius 3 is 2.69 bits per heavy atom. The van der Waals surface area contributed by atoms with E-state index in [4.69, 9.17) is 5.73 Å². The highest BCUT2D eigenvalue weighted by Crippen LogP contribution is 2.17. The van der Waals surface area contributed by atoms with E-state index in [1.165, 1.54) is 25.9 Å². The molecule has 1 saturated heterocycles. The largest absolute Gasteiger partial charge is 0.330 e. The number of hydrogen-bond acceptors (Lipinski definition) is 3. The smallest absolute Gasteiger partial charge is 0.000756 e. The molecule has 0 aromatic carbocycles. The summed E-state index contributed by atoms with van der Waals surface area (Å²) in [5.74, 6) is 2.23. The Bertz CT molecular complexity index is 182. The van der Waals surface area contributed by atoms with Crippen molar-refractivity contribution in [2.45, 2.75) is 26.7 Å². The van der Waals surface area contributed by atoms with E-state index >= 15 is 0 Å². The van der Waals surface area contributed by atoms with Crippen molar-refractivity contribution in [2.75, 3.05) is 39.8 Å². The molecule has 1 fully saturated rings. The highest BCUT2D eigenvalue weighted by atomic mass is 15.1. The molecule has 0 amide bonds. The van der Waals surface area contributed by atoms with Gasteiger partial charge in [0.25, 0.3) is 0 Å².